The third-order valence-corrected chi connectivity index (χ3v) is 5.21. The summed E-state index contributed by atoms with van der Waals surface area (Å²) in [5.74, 6) is -0.401. The maximum absolute atomic E-state index is 12.8. The highest BCUT2D eigenvalue weighted by Gasteiger charge is 2.31. The molecule has 134 valence electrons. The molecule has 0 spiro atoms. The Morgan fingerprint density at radius 1 is 1.20 bits per heavy atom. The van der Waals surface area contributed by atoms with Crippen LogP contribution in [0.1, 0.15) is 18.9 Å². The van der Waals surface area contributed by atoms with E-state index in [1.165, 1.54) is 0 Å². The Morgan fingerprint density at radius 3 is 2.40 bits per heavy atom. The number of hydrogen-bond donors (Lipinski definition) is 1. The Kier molecular flexibility index (Phi) is 6.08. The molecule has 2 aromatic rings. The molecule has 0 aliphatic carbocycles. The minimum atomic E-state index is -3.64. The molecule has 7 heteroatoms. The van der Waals surface area contributed by atoms with E-state index in [0.29, 0.717) is 22.8 Å². The zero-order chi connectivity index (χ0) is 18.6. The van der Waals surface area contributed by atoms with Crippen molar-refractivity contribution < 1.29 is 13.2 Å². The average Bonchev–Trinajstić information content (AvgIpc) is 2.55. The van der Waals surface area contributed by atoms with Crippen molar-refractivity contribution in [1.29, 1.82) is 0 Å². The number of nitrogens with zero attached hydrogens (tertiary/aromatic N) is 1. The molecule has 0 aromatic heterocycles. The number of carbonyl (C=O) groups excluding carboxylic acids is 1. The zero-order valence-corrected chi connectivity index (χ0v) is 15.9. The number of sulfonamides is 1. The van der Waals surface area contributed by atoms with E-state index >= 15 is 0 Å². The maximum atomic E-state index is 12.8. The van der Waals surface area contributed by atoms with E-state index in [1.807, 2.05) is 6.92 Å². The van der Waals surface area contributed by atoms with Crippen LogP contribution < -0.4 is 9.62 Å². The molecule has 25 heavy (non-hydrogen) atoms. The van der Waals surface area contributed by atoms with E-state index in [4.69, 9.17) is 11.6 Å². The van der Waals surface area contributed by atoms with Gasteiger partial charge in [-0.15, -0.1) is 0 Å². The fraction of sp³-hybridized carbons (Fsp3) is 0.278. The highest BCUT2D eigenvalue weighted by Crippen LogP contribution is 2.25. The molecule has 0 saturated carbocycles. The van der Waals surface area contributed by atoms with Gasteiger partial charge in [0.15, 0.2) is 0 Å². The van der Waals surface area contributed by atoms with E-state index in [1.54, 1.807) is 55.5 Å². The van der Waals surface area contributed by atoms with Crippen molar-refractivity contribution in [2.75, 3.05) is 15.9 Å². The summed E-state index contributed by atoms with van der Waals surface area (Å²) in [5, 5.41) is 3.29. The zero-order valence-electron chi connectivity index (χ0n) is 14.4. The van der Waals surface area contributed by atoms with Crippen molar-refractivity contribution in [2.24, 2.45) is 0 Å². The van der Waals surface area contributed by atoms with E-state index < -0.39 is 22.0 Å². The minimum absolute atomic E-state index is 0.327. The highest BCUT2D eigenvalue weighted by atomic mass is 35.5. The van der Waals surface area contributed by atoms with Crippen LogP contribution in [0.15, 0.2) is 48.5 Å². The first-order chi connectivity index (χ1) is 11.7. The summed E-state index contributed by atoms with van der Waals surface area (Å²) in [6, 6.07) is 12.9. The fourth-order valence-corrected chi connectivity index (χ4v) is 3.96. The molecular formula is C18H21ClN2O3S. The van der Waals surface area contributed by atoms with Crippen LogP contribution in [0.2, 0.25) is 5.02 Å². The lowest BCUT2D eigenvalue weighted by molar-refractivity contribution is -0.117. The Morgan fingerprint density at radius 2 is 1.84 bits per heavy atom. The van der Waals surface area contributed by atoms with Gasteiger partial charge in [-0.1, -0.05) is 42.8 Å². The van der Waals surface area contributed by atoms with Crippen molar-refractivity contribution in [2.45, 2.75) is 26.3 Å². The molecule has 0 saturated heterocycles. The molecule has 1 amide bonds. The van der Waals surface area contributed by atoms with Crippen LogP contribution in [0, 0.1) is 6.92 Å². The second-order valence-corrected chi connectivity index (χ2v) is 8.06. The number of amides is 1. The van der Waals surface area contributed by atoms with Gasteiger partial charge in [0.05, 0.1) is 11.9 Å². The largest absolute Gasteiger partial charge is 0.324 e. The summed E-state index contributed by atoms with van der Waals surface area (Å²) in [4.78, 5) is 12.8. The van der Waals surface area contributed by atoms with Gasteiger partial charge in [0.25, 0.3) is 0 Å². The topological polar surface area (TPSA) is 66.5 Å². The Labute approximate surface area is 153 Å². The molecule has 2 aromatic carbocycles. The van der Waals surface area contributed by atoms with Gasteiger partial charge >= 0.3 is 0 Å². The molecule has 0 unspecified atom stereocenters. The molecule has 2 rings (SSSR count). The first-order valence-electron chi connectivity index (χ1n) is 7.85. The number of nitrogens with one attached hydrogen (secondary N) is 1. The number of para-hydroxylation sites is 1. The van der Waals surface area contributed by atoms with Crippen LogP contribution in [0.5, 0.6) is 0 Å². The molecular weight excluding hydrogens is 360 g/mol. The predicted molar refractivity (Wildman–Crippen MR) is 103 cm³/mol. The number of carbonyl (C=O) groups is 1. The Hall–Kier alpha value is -2.05. The van der Waals surface area contributed by atoms with Crippen molar-refractivity contribution in [3.05, 3.63) is 59.1 Å². The van der Waals surface area contributed by atoms with Gasteiger partial charge in [-0.2, -0.15) is 0 Å². The number of benzene rings is 2. The Bertz CT molecular complexity index is 854. The normalized spacial score (nSPS) is 12.5. The second kappa shape index (κ2) is 7.89. The monoisotopic (exact) mass is 380 g/mol. The molecule has 0 fully saturated rings. The summed E-state index contributed by atoms with van der Waals surface area (Å²) >= 11 is 5.99. The molecule has 0 aliphatic heterocycles. The molecule has 1 atom stereocenters. The quantitative estimate of drug-likeness (QED) is 0.828. The summed E-state index contributed by atoms with van der Waals surface area (Å²) < 4.78 is 25.8. The predicted octanol–water partition coefficient (Wildman–Crippen LogP) is 3.83. The van der Waals surface area contributed by atoms with Crippen molar-refractivity contribution in [3.63, 3.8) is 0 Å². The van der Waals surface area contributed by atoms with Crippen LogP contribution in [-0.4, -0.2) is 26.6 Å². The number of hydrogen-bond acceptors (Lipinski definition) is 3. The molecule has 0 radical (unpaired) electrons. The van der Waals surface area contributed by atoms with E-state index in [0.717, 1.165) is 16.1 Å². The van der Waals surface area contributed by atoms with Crippen LogP contribution in [-0.2, 0) is 14.8 Å². The summed E-state index contributed by atoms with van der Waals surface area (Å²) in [6.07, 6.45) is 1.42. The summed E-state index contributed by atoms with van der Waals surface area (Å²) in [5.41, 5.74) is 1.87. The van der Waals surface area contributed by atoms with Crippen molar-refractivity contribution in [1.82, 2.24) is 0 Å². The van der Waals surface area contributed by atoms with Crippen LogP contribution in [0.4, 0.5) is 11.4 Å². The van der Waals surface area contributed by atoms with E-state index in [-0.39, 0.29) is 0 Å². The summed E-state index contributed by atoms with van der Waals surface area (Å²) in [6.45, 7) is 3.62. The van der Waals surface area contributed by atoms with Gasteiger partial charge in [-0.3, -0.25) is 9.10 Å². The number of halogens is 1. The number of aryl methyl sites for hydroxylation is 1. The maximum Gasteiger partial charge on any atom is 0.248 e. The third kappa shape index (κ3) is 4.74. The third-order valence-electron chi connectivity index (χ3n) is 3.80. The smallest absolute Gasteiger partial charge is 0.248 e. The van der Waals surface area contributed by atoms with Crippen LogP contribution in [0.25, 0.3) is 0 Å². The molecule has 5 nitrogen and oxygen atoms in total. The summed E-state index contributed by atoms with van der Waals surface area (Å²) in [7, 11) is -3.64. The fourth-order valence-electron chi connectivity index (χ4n) is 2.58. The first-order valence-corrected chi connectivity index (χ1v) is 10.1. The van der Waals surface area contributed by atoms with Crippen molar-refractivity contribution >= 4 is 38.9 Å². The minimum Gasteiger partial charge on any atom is -0.324 e. The molecule has 0 heterocycles. The Balaban J connectivity index is 2.38. The lowest BCUT2D eigenvalue weighted by Gasteiger charge is -2.30. The van der Waals surface area contributed by atoms with Gasteiger partial charge in [0, 0.05) is 10.7 Å². The highest BCUT2D eigenvalue weighted by molar-refractivity contribution is 7.92. The average molecular weight is 381 g/mol. The number of anilines is 2. The van der Waals surface area contributed by atoms with Gasteiger partial charge in [0.2, 0.25) is 15.9 Å². The lowest BCUT2D eigenvalue weighted by Crippen LogP contribution is -2.47. The molecule has 0 aliphatic rings. The van der Waals surface area contributed by atoms with Gasteiger partial charge in [-0.25, -0.2) is 8.42 Å². The van der Waals surface area contributed by atoms with Gasteiger partial charge in [-0.05, 0) is 43.2 Å². The number of rotatable bonds is 6. The van der Waals surface area contributed by atoms with E-state index in [2.05, 4.69) is 5.32 Å². The van der Waals surface area contributed by atoms with Gasteiger partial charge in [0.1, 0.15) is 6.04 Å². The van der Waals surface area contributed by atoms with Gasteiger partial charge < -0.3 is 5.32 Å². The lowest BCUT2D eigenvalue weighted by atomic mass is 10.1. The SMILES string of the molecule is CC[C@@H](C(=O)Nc1cc(Cl)ccc1C)N(c1ccccc1)S(C)(=O)=O. The molecule has 0 bridgehead atoms. The standard InChI is InChI=1S/C18H21ClN2O3S/c1-4-17(18(22)20-16-12-14(19)11-10-13(16)2)21(25(3,23)24)15-8-6-5-7-9-15/h5-12,17H,4H2,1-3H3,(H,20,22)/t17-/m0/s1. The second-order valence-electron chi connectivity index (χ2n) is 5.77. The van der Waals surface area contributed by atoms with E-state index in [9.17, 15) is 13.2 Å². The van der Waals surface area contributed by atoms with Crippen molar-refractivity contribution in [3.8, 4) is 0 Å². The van der Waals surface area contributed by atoms with Crippen LogP contribution >= 0.6 is 11.6 Å². The van der Waals surface area contributed by atoms with Crippen LogP contribution in [0.3, 0.4) is 0 Å². The molecule has 1 N–H and O–H groups in total. The first kappa shape index (κ1) is 19.3.